The molecule has 4 aliphatic carbocycles. The van der Waals surface area contributed by atoms with Gasteiger partial charge in [0.2, 0.25) is 0 Å². The summed E-state index contributed by atoms with van der Waals surface area (Å²) in [6.45, 7) is 20.6. The average molecular weight is 413 g/mol. The van der Waals surface area contributed by atoms with Gasteiger partial charge in [0.05, 0.1) is 0 Å². The number of rotatable bonds is 4. The van der Waals surface area contributed by atoms with Crippen LogP contribution in [-0.4, -0.2) is 0 Å². The molecule has 0 spiro atoms. The van der Waals surface area contributed by atoms with Gasteiger partial charge < -0.3 is 0 Å². The molecule has 0 amide bonds. The van der Waals surface area contributed by atoms with Crippen LogP contribution in [0.15, 0.2) is 12.2 Å². The van der Waals surface area contributed by atoms with Crippen LogP contribution in [0.25, 0.3) is 0 Å². The Hall–Kier alpha value is -0.260. The number of hydrogen-bond acceptors (Lipinski definition) is 0. The molecular weight excluding hydrogens is 360 g/mol. The second kappa shape index (κ2) is 7.66. The molecule has 0 saturated heterocycles. The Morgan fingerprint density at radius 3 is 2.20 bits per heavy atom. The third-order valence-electron chi connectivity index (χ3n) is 12.6. The molecule has 172 valence electrons. The third-order valence-corrected chi connectivity index (χ3v) is 12.6. The molecule has 4 aliphatic rings. The van der Waals surface area contributed by atoms with Crippen molar-refractivity contribution in [2.24, 2.45) is 57.2 Å². The van der Waals surface area contributed by atoms with Crippen molar-refractivity contribution in [3.8, 4) is 0 Å². The summed E-state index contributed by atoms with van der Waals surface area (Å²) in [5.74, 6) is 5.84. The predicted molar refractivity (Wildman–Crippen MR) is 131 cm³/mol. The van der Waals surface area contributed by atoms with E-state index in [9.17, 15) is 0 Å². The lowest BCUT2D eigenvalue weighted by atomic mass is 9.38. The van der Waals surface area contributed by atoms with E-state index in [1.165, 1.54) is 64.2 Å². The largest absolute Gasteiger partial charge is 0.0917 e. The summed E-state index contributed by atoms with van der Waals surface area (Å²) in [6.07, 6.45) is 19.4. The third kappa shape index (κ3) is 3.20. The van der Waals surface area contributed by atoms with E-state index in [-0.39, 0.29) is 0 Å². The zero-order valence-corrected chi connectivity index (χ0v) is 21.7. The quantitative estimate of drug-likeness (QED) is 0.403. The standard InChI is InChI=1S/C30H52/c1-9-10-11-12-21(2)23-14-15-24-22-13-16-26-28(5,6)27(3,4)19-20-30(26,8)25(22)17-18-29(23,24)7/h9-10,21-26H,11-20H2,1-8H3/b10-9-. The molecule has 4 fully saturated rings. The Labute approximate surface area is 189 Å². The van der Waals surface area contributed by atoms with E-state index in [0.717, 1.165) is 35.5 Å². The van der Waals surface area contributed by atoms with Crippen LogP contribution in [0.2, 0.25) is 0 Å². The van der Waals surface area contributed by atoms with E-state index in [2.05, 4.69) is 67.5 Å². The molecule has 0 heterocycles. The molecule has 4 saturated carbocycles. The van der Waals surface area contributed by atoms with E-state index < -0.39 is 0 Å². The fourth-order valence-electron chi connectivity index (χ4n) is 10.1. The van der Waals surface area contributed by atoms with Crippen molar-refractivity contribution in [2.75, 3.05) is 0 Å². The summed E-state index contributed by atoms with van der Waals surface area (Å²) >= 11 is 0. The van der Waals surface area contributed by atoms with Gasteiger partial charge in [0, 0.05) is 0 Å². The number of fused-ring (bicyclic) bond motifs is 5. The van der Waals surface area contributed by atoms with Gasteiger partial charge in [-0.25, -0.2) is 0 Å². The van der Waals surface area contributed by atoms with E-state index in [4.69, 9.17) is 0 Å². The highest BCUT2D eigenvalue weighted by Crippen LogP contribution is 2.72. The minimum Gasteiger partial charge on any atom is -0.0917 e. The first kappa shape index (κ1) is 22.9. The second-order valence-electron chi connectivity index (χ2n) is 14.0. The second-order valence-corrected chi connectivity index (χ2v) is 14.0. The van der Waals surface area contributed by atoms with E-state index in [1.807, 2.05) is 0 Å². The first-order valence-electron chi connectivity index (χ1n) is 13.6. The molecule has 0 aromatic heterocycles. The van der Waals surface area contributed by atoms with Crippen molar-refractivity contribution in [2.45, 2.75) is 120 Å². The zero-order chi connectivity index (χ0) is 21.9. The van der Waals surface area contributed by atoms with Gasteiger partial charge >= 0.3 is 0 Å². The number of hydrogen-bond donors (Lipinski definition) is 0. The van der Waals surface area contributed by atoms with Crippen molar-refractivity contribution in [1.29, 1.82) is 0 Å². The van der Waals surface area contributed by atoms with E-state index >= 15 is 0 Å². The average Bonchev–Trinajstić information content (AvgIpc) is 3.03. The summed E-state index contributed by atoms with van der Waals surface area (Å²) < 4.78 is 0. The highest BCUT2D eigenvalue weighted by atomic mass is 14.7. The topological polar surface area (TPSA) is 0 Å². The van der Waals surface area contributed by atoms with Crippen LogP contribution in [0.1, 0.15) is 120 Å². The highest BCUT2D eigenvalue weighted by molar-refractivity contribution is 5.13. The van der Waals surface area contributed by atoms with Crippen LogP contribution in [0.3, 0.4) is 0 Å². The van der Waals surface area contributed by atoms with E-state index in [0.29, 0.717) is 21.7 Å². The maximum Gasteiger partial charge on any atom is -0.0261 e. The van der Waals surface area contributed by atoms with Gasteiger partial charge in [-0.1, -0.05) is 60.6 Å². The minimum atomic E-state index is 0.477. The normalized spacial score (nSPS) is 48.1. The molecule has 0 aromatic carbocycles. The Morgan fingerprint density at radius 2 is 1.50 bits per heavy atom. The van der Waals surface area contributed by atoms with Crippen molar-refractivity contribution < 1.29 is 0 Å². The lowest BCUT2D eigenvalue weighted by Gasteiger charge is -2.67. The first-order chi connectivity index (χ1) is 14.0. The molecule has 0 heteroatoms. The highest BCUT2D eigenvalue weighted by Gasteiger charge is 2.64. The SMILES string of the molecule is C/C=C\CCC(C)C1CCC2C3CCC4C(C)(CCC(C)(C)C4(C)C)C3CCC12C. The fourth-order valence-corrected chi connectivity index (χ4v) is 10.1. The lowest BCUT2D eigenvalue weighted by Crippen LogP contribution is -2.59. The Morgan fingerprint density at radius 1 is 0.800 bits per heavy atom. The van der Waals surface area contributed by atoms with Gasteiger partial charge in [-0.15, -0.1) is 0 Å². The maximum atomic E-state index is 2.75. The Balaban J connectivity index is 1.55. The molecule has 8 unspecified atom stereocenters. The molecular formula is C30H52. The smallest absolute Gasteiger partial charge is 0.0261 e. The van der Waals surface area contributed by atoms with Gasteiger partial charge in [-0.3, -0.25) is 0 Å². The van der Waals surface area contributed by atoms with Crippen LogP contribution in [0.5, 0.6) is 0 Å². The lowest BCUT2D eigenvalue weighted by molar-refractivity contribution is -0.182. The summed E-state index contributed by atoms with van der Waals surface area (Å²) in [5.41, 5.74) is 2.20. The van der Waals surface area contributed by atoms with Crippen molar-refractivity contribution in [1.82, 2.24) is 0 Å². The molecule has 0 radical (unpaired) electrons. The zero-order valence-electron chi connectivity index (χ0n) is 21.7. The van der Waals surface area contributed by atoms with Crippen molar-refractivity contribution >= 4 is 0 Å². The molecule has 0 aromatic rings. The van der Waals surface area contributed by atoms with Crippen LogP contribution in [-0.2, 0) is 0 Å². The fraction of sp³-hybridized carbons (Fsp3) is 0.933. The summed E-state index contributed by atoms with van der Waals surface area (Å²) in [4.78, 5) is 0. The molecule has 8 atom stereocenters. The van der Waals surface area contributed by atoms with Gasteiger partial charge in [0.1, 0.15) is 0 Å². The van der Waals surface area contributed by atoms with E-state index in [1.54, 1.807) is 0 Å². The minimum absolute atomic E-state index is 0.477. The van der Waals surface area contributed by atoms with Crippen molar-refractivity contribution in [3.63, 3.8) is 0 Å². The Kier molecular flexibility index (Phi) is 5.85. The molecule has 4 rings (SSSR count). The summed E-state index contributed by atoms with van der Waals surface area (Å²) in [7, 11) is 0. The maximum absolute atomic E-state index is 2.75. The molecule has 0 bridgehead atoms. The Bertz CT molecular complexity index is 653. The monoisotopic (exact) mass is 412 g/mol. The van der Waals surface area contributed by atoms with Crippen LogP contribution < -0.4 is 0 Å². The van der Waals surface area contributed by atoms with Gasteiger partial charge in [-0.2, -0.15) is 0 Å². The van der Waals surface area contributed by atoms with Gasteiger partial charge in [0.15, 0.2) is 0 Å². The van der Waals surface area contributed by atoms with Crippen LogP contribution in [0.4, 0.5) is 0 Å². The van der Waals surface area contributed by atoms with Crippen LogP contribution >= 0.6 is 0 Å². The first-order valence-corrected chi connectivity index (χ1v) is 13.6. The molecule has 30 heavy (non-hydrogen) atoms. The molecule has 0 nitrogen and oxygen atoms in total. The predicted octanol–water partition coefficient (Wildman–Crippen LogP) is 9.30. The molecule has 0 N–H and O–H groups in total. The van der Waals surface area contributed by atoms with Gasteiger partial charge in [-0.05, 0) is 128 Å². The number of allylic oxidation sites excluding steroid dienone is 2. The molecule has 0 aliphatic heterocycles. The van der Waals surface area contributed by atoms with Crippen LogP contribution in [0, 0.1) is 57.2 Å². The van der Waals surface area contributed by atoms with Gasteiger partial charge in [0.25, 0.3) is 0 Å². The summed E-state index contributed by atoms with van der Waals surface area (Å²) in [5, 5.41) is 0. The van der Waals surface area contributed by atoms with Crippen molar-refractivity contribution in [3.05, 3.63) is 12.2 Å². The summed E-state index contributed by atoms with van der Waals surface area (Å²) in [6, 6.07) is 0.